The molecular weight excluding hydrogens is 496 g/mol. The average molecular weight is 563 g/mol. The minimum atomic E-state index is -0.0672. The molecule has 0 aliphatic heterocycles. The van der Waals surface area contributed by atoms with Gasteiger partial charge in [-0.1, -0.05) is 95.8 Å². The van der Waals surface area contributed by atoms with Crippen molar-refractivity contribution in [3.05, 3.63) is 36.5 Å². The first-order valence-electron chi connectivity index (χ1n) is 16.6. The third kappa shape index (κ3) is 25.5. The number of unbranched alkanes of at least 4 members (excludes halogenated alkanes) is 10. The third-order valence-electron chi connectivity index (χ3n) is 7.01. The largest absolute Gasteiger partial charge is 0.375 e. The molecule has 0 saturated heterocycles. The van der Waals surface area contributed by atoms with Gasteiger partial charge in [-0.25, -0.2) is 0 Å². The van der Waals surface area contributed by atoms with E-state index >= 15 is 0 Å². The number of allylic oxidation sites excluding steroid dienone is 4. The molecule has 0 spiro atoms. The second kappa shape index (κ2) is 30.5. The van der Waals surface area contributed by atoms with Crippen molar-refractivity contribution in [3.8, 4) is 0 Å². The van der Waals surface area contributed by atoms with Gasteiger partial charge in [-0.3, -0.25) is 4.79 Å². The number of carbonyl (C=O) groups excluding carboxylic acids is 1. The summed E-state index contributed by atoms with van der Waals surface area (Å²) >= 11 is 0. The molecule has 40 heavy (non-hydrogen) atoms. The summed E-state index contributed by atoms with van der Waals surface area (Å²) in [6.07, 6.45) is 31.1. The molecule has 0 aromatic rings. The molecule has 0 fully saturated rings. The molecule has 0 saturated carbocycles. The zero-order valence-electron chi connectivity index (χ0n) is 27.2. The monoisotopic (exact) mass is 563 g/mol. The number of hydrogen-bond acceptors (Lipinski definition) is 4. The normalized spacial score (nSPS) is 12.3. The fraction of sp³-hybridized carbons (Fsp3) is 0.800. The number of carbonyl (C=O) groups is 1. The molecule has 0 unspecified atom stereocenters. The average Bonchev–Trinajstić information content (AvgIpc) is 2.94. The minimum absolute atomic E-state index is 0.0672. The van der Waals surface area contributed by atoms with Crippen molar-refractivity contribution in [1.29, 1.82) is 0 Å². The van der Waals surface area contributed by atoms with Crippen LogP contribution in [0.1, 0.15) is 124 Å². The first-order chi connectivity index (χ1) is 19.6. The van der Waals surface area contributed by atoms with Crippen molar-refractivity contribution in [3.63, 3.8) is 0 Å². The van der Waals surface area contributed by atoms with Crippen LogP contribution in [0.15, 0.2) is 36.5 Å². The molecule has 0 aliphatic rings. The summed E-state index contributed by atoms with van der Waals surface area (Å²) in [6.45, 7) is 10.7. The molecule has 5 nitrogen and oxygen atoms in total. The Balaban J connectivity index is 5.12. The Kier molecular flexibility index (Phi) is 29.4. The van der Waals surface area contributed by atoms with Gasteiger partial charge in [0.15, 0.2) is 0 Å². The Morgan fingerprint density at radius 2 is 1.05 bits per heavy atom. The van der Waals surface area contributed by atoms with Gasteiger partial charge in [0.1, 0.15) is 0 Å². The predicted molar refractivity (Wildman–Crippen MR) is 174 cm³/mol. The molecule has 0 atom stereocenters. The number of ether oxygens (including phenoxy) is 2. The molecule has 234 valence electrons. The van der Waals surface area contributed by atoms with Gasteiger partial charge in [0.25, 0.3) is 0 Å². The summed E-state index contributed by atoms with van der Waals surface area (Å²) in [5.41, 5.74) is 0. The van der Waals surface area contributed by atoms with Crippen LogP contribution in [-0.4, -0.2) is 75.4 Å². The third-order valence-corrected chi connectivity index (χ3v) is 7.01. The van der Waals surface area contributed by atoms with Gasteiger partial charge in [0.05, 0.1) is 32.5 Å². The molecule has 0 N–H and O–H groups in total. The highest BCUT2D eigenvalue weighted by Gasteiger charge is 2.23. The van der Waals surface area contributed by atoms with Gasteiger partial charge in [-0.05, 0) is 78.4 Å². The molecule has 1 amide bonds. The second-order valence-corrected chi connectivity index (χ2v) is 11.3. The maximum atomic E-state index is 13.5. The number of rotatable bonds is 29. The van der Waals surface area contributed by atoms with E-state index in [-0.39, 0.29) is 11.9 Å². The van der Waals surface area contributed by atoms with Crippen molar-refractivity contribution in [2.75, 3.05) is 53.6 Å². The van der Waals surface area contributed by atoms with E-state index in [1.54, 1.807) is 0 Å². The predicted octanol–water partition coefficient (Wildman–Crippen LogP) is 8.75. The van der Waals surface area contributed by atoms with Crippen LogP contribution in [0.4, 0.5) is 0 Å². The van der Waals surface area contributed by atoms with Crippen LogP contribution in [0, 0.1) is 0 Å². The zero-order valence-corrected chi connectivity index (χ0v) is 27.2. The Morgan fingerprint density at radius 3 is 1.52 bits per heavy atom. The van der Waals surface area contributed by atoms with E-state index in [0.717, 1.165) is 51.6 Å². The number of nitrogens with zero attached hydrogens (tertiary/aromatic N) is 2. The highest BCUT2D eigenvalue weighted by atomic mass is 16.5. The lowest BCUT2D eigenvalue weighted by Gasteiger charge is -2.32. The standard InChI is InChI=1S/C35H66N2O3/c1-6-9-12-15-18-19-22-27-35(38)37(29-24-23-28-36(4)5)34(32-39-30-25-20-16-13-10-7-2)33-40-31-26-21-17-14-11-8-3/h18-21,25-26,34H,6-17,22-24,27-33H2,1-5H3/b19-18-,25-20-,26-21-. The van der Waals surface area contributed by atoms with Crippen LogP contribution in [-0.2, 0) is 14.3 Å². The topological polar surface area (TPSA) is 42.0 Å². The first kappa shape index (κ1) is 38.6. The second-order valence-electron chi connectivity index (χ2n) is 11.3. The molecular formula is C35H66N2O3. The summed E-state index contributed by atoms with van der Waals surface area (Å²) < 4.78 is 12.2. The van der Waals surface area contributed by atoms with Crippen LogP contribution in [0.2, 0.25) is 0 Å². The highest BCUT2D eigenvalue weighted by molar-refractivity contribution is 5.76. The molecule has 0 aliphatic carbocycles. The Bertz CT molecular complexity index is 604. The van der Waals surface area contributed by atoms with Crippen molar-refractivity contribution in [2.45, 2.75) is 130 Å². The Hall–Kier alpha value is -1.43. The smallest absolute Gasteiger partial charge is 0.223 e. The van der Waals surface area contributed by atoms with E-state index in [9.17, 15) is 4.79 Å². The van der Waals surface area contributed by atoms with Crippen molar-refractivity contribution >= 4 is 5.91 Å². The minimum Gasteiger partial charge on any atom is -0.375 e. The van der Waals surface area contributed by atoms with E-state index in [0.29, 0.717) is 32.8 Å². The maximum absolute atomic E-state index is 13.5. The fourth-order valence-corrected chi connectivity index (χ4v) is 4.49. The summed E-state index contributed by atoms with van der Waals surface area (Å²) in [4.78, 5) is 17.7. The van der Waals surface area contributed by atoms with Gasteiger partial charge in [0.2, 0.25) is 5.91 Å². The molecule has 0 heterocycles. The highest BCUT2D eigenvalue weighted by Crippen LogP contribution is 2.11. The number of amides is 1. The van der Waals surface area contributed by atoms with Gasteiger partial charge in [-0.2, -0.15) is 0 Å². The van der Waals surface area contributed by atoms with Crippen LogP contribution in [0.3, 0.4) is 0 Å². The molecule has 5 heteroatoms. The lowest BCUT2D eigenvalue weighted by molar-refractivity contribution is -0.136. The fourth-order valence-electron chi connectivity index (χ4n) is 4.49. The lowest BCUT2D eigenvalue weighted by atomic mass is 10.1. The van der Waals surface area contributed by atoms with Gasteiger partial charge < -0.3 is 19.3 Å². The summed E-state index contributed by atoms with van der Waals surface area (Å²) in [7, 11) is 4.21. The lowest BCUT2D eigenvalue weighted by Crippen LogP contribution is -2.46. The van der Waals surface area contributed by atoms with E-state index in [1.165, 1.54) is 57.8 Å². The SMILES string of the molecule is CCCCC/C=C\CCC(=O)N(CCCCN(C)C)C(COC/C=C\CCCCC)COC/C=C\CCCCC. The van der Waals surface area contributed by atoms with Crippen LogP contribution in [0.25, 0.3) is 0 Å². The molecule has 0 aromatic carbocycles. The first-order valence-corrected chi connectivity index (χ1v) is 16.6. The van der Waals surface area contributed by atoms with Crippen LogP contribution >= 0.6 is 0 Å². The molecule has 0 aromatic heterocycles. The van der Waals surface area contributed by atoms with E-state index in [2.05, 4.69) is 81.1 Å². The molecule has 0 rings (SSSR count). The van der Waals surface area contributed by atoms with Crippen LogP contribution in [0.5, 0.6) is 0 Å². The maximum Gasteiger partial charge on any atom is 0.223 e. The quantitative estimate of drug-likeness (QED) is 0.0675. The van der Waals surface area contributed by atoms with E-state index in [4.69, 9.17) is 9.47 Å². The number of hydrogen-bond donors (Lipinski definition) is 0. The summed E-state index contributed by atoms with van der Waals surface area (Å²) in [5.74, 6) is 0.213. The summed E-state index contributed by atoms with van der Waals surface area (Å²) in [6, 6.07) is -0.0672. The van der Waals surface area contributed by atoms with E-state index in [1.807, 2.05) is 0 Å². The van der Waals surface area contributed by atoms with Gasteiger partial charge >= 0.3 is 0 Å². The molecule has 0 radical (unpaired) electrons. The van der Waals surface area contributed by atoms with Gasteiger partial charge in [0, 0.05) is 13.0 Å². The van der Waals surface area contributed by atoms with E-state index < -0.39 is 0 Å². The van der Waals surface area contributed by atoms with Gasteiger partial charge in [-0.15, -0.1) is 0 Å². The van der Waals surface area contributed by atoms with Crippen molar-refractivity contribution in [1.82, 2.24) is 9.80 Å². The van der Waals surface area contributed by atoms with Crippen molar-refractivity contribution < 1.29 is 14.3 Å². The Morgan fingerprint density at radius 1 is 0.600 bits per heavy atom. The zero-order chi connectivity index (χ0) is 29.5. The van der Waals surface area contributed by atoms with Crippen molar-refractivity contribution in [2.24, 2.45) is 0 Å². The van der Waals surface area contributed by atoms with Crippen LogP contribution < -0.4 is 0 Å². The Labute approximate surface area is 249 Å². The summed E-state index contributed by atoms with van der Waals surface area (Å²) in [5, 5.41) is 0. The molecule has 0 bridgehead atoms.